The molecule has 6 heteroatoms. The van der Waals surface area contributed by atoms with E-state index in [4.69, 9.17) is 9.84 Å². The number of aromatic nitrogens is 1. The number of aliphatic hydroxyl groups is 1. The van der Waals surface area contributed by atoms with Crippen LogP contribution in [-0.2, 0) is 4.79 Å². The number of hydrogen-bond acceptors (Lipinski definition) is 4. The summed E-state index contributed by atoms with van der Waals surface area (Å²) in [6, 6.07) is 18.4. The number of aliphatic hydroxyl groups excluding tert-OH is 1. The highest BCUT2D eigenvalue weighted by atomic mass is 19.1. The first-order valence-corrected chi connectivity index (χ1v) is 8.06. The molecule has 0 unspecified atom stereocenters. The molecule has 0 aliphatic heterocycles. The molecule has 2 N–H and O–H groups in total. The fourth-order valence-corrected chi connectivity index (χ4v) is 2.30. The summed E-state index contributed by atoms with van der Waals surface area (Å²) in [7, 11) is 0. The molecule has 0 radical (unpaired) electrons. The summed E-state index contributed by atoms with van der Waals surface area (Å²) >= 11 is 0. The zero-order valence-corrected chi connectivity index (χ0v) is 13.9. The normalized spacial score (nSPS) is 10.4. The molecule has 0 aliphatic carbocycles. The molecule has 1 heterocycles. The molecule has 132 valence electrons. The van der Waals surface area contributed by atoms with Gasteiger partial charge in [-0.15, -0.1) is 0 Å². The van der Waals surface area contributed by atoms with Crippen molar-refractivity contribution < 1.29 is 19.0 Å². The highest BCUT2D eigenvalue weighted by Crippen LogP contribution is 2.25. The summed E-state index contributed by atoms with van der Waals surface area (Å²) in [5.41, 5.74) is 1.55. The number of nitrogens with zero attached hydrogens (tertiary/aromatic N) is 1. The van der Waals surface area contributed by atoms with Gasteiger partial charge in [0, 0.05) is 5.56 Å². The molecule has 3 aromatic rings. The molecule has 5 nitrogen and oxygen atoms in total. The number of pyridine rings is 1. The van der Waals surface area contributed by atoms with Gasteiger partial charge in [0.25, 0.3) is 0 Å². The number of nitrogens with one attached hydrogen (secondary N) is 1. The monoisotopic (exact) mass is 352 g/mol. The molecule has 26 heavy (non-hydrogen) atoms. The molecule has 2 aromatic carbocycles. The first kappa shape index (κ1) is 17.6. The standard InChI is InChI=1S/C20H17FN2O3/c21-15-6-10-17(11-7-15)26-16-8-4-14(5-9-16)18-2-1-3-19(22-18)23-20(25)12-13-24/h1-11,24H,12-13H2,(H,22,23,25). The van der Waals surface area contributed by atoms with Gasteiger partial charge in [0.1, 0.15) is 23.1 Å². The third kappa shape index (κ3) is 4.64. The Hall–Kier alpha value is -3.25. The van der Waals surface area contributed by atoms with E-state index >= 15 is 0 Å². The van der Waals surface area contributed by atoms with E-state index in [9.17, 15) is 9.18 Å². The first-order chi connectivity index (χ1) is 12.6. The number of halogens is 1. The van der Waals surface area contributed by atoms with Crippen molar-refractivity contribution in [1.82, 2.24) is 4.98 Å². The minimum atomic E-state index is -0.315. The molecule has 1 aromatic heterocycles. The van der Waals surface area contributed by atoms with Gasteiger partial charge < -0.3 is 15.2 Å². The maximum absolute atomic E-state index is 12.9. The smallest absolute Gasteiger partial charge is 0.227 e. The van der Waals surface area contributed by atoms with Gasteiger partial charge in [0.05, 0.1) is 18.7 Å². The molecular weight excluding hydrogens is 335 g/mol. The third-order valence-corrected chi connectivity index (χ3v) is 3.55. The molecule has 0 saturated heterocycles. The molecular formula is C20H17FN2O3. The third-order valence-electron chi connectivity index (χ3n) is 3.55. The molecule has 0 aliphatic rings. The summed E-state index contributed by atoms with van der Waals surface area (Å²) < 4.78 is 18.6. The van der Waals surface area contributed by atoms with Crippen LogP contribution >= 0.6 is 0 Å². The second-order valence-corrected chi connectivity index (χ2v) is 5.51. The average molecular weight is 352 g/mol. The zero-order valence-electron chi connectivity index (χ0n) is 13.9. The highest BCUT2D eigenvalue weighted by Gasteiger charge is 2.06. The number of hydrogen-bond donors (Lipinski definition) is 2. The van der Waals surface area contributed by atoms with E-state index in [1.165, 1.54) is 12.1 Å². The number of anilines is 1. The number of ether oxygens (including phenoxy) is 1. The lowest BCUT2D eigenvalue weighted by Crippen LogP contribution is -2.13. The zero-order chi connectivity index (χ0) is 18.4. The minimum Gasteiger partial charge on any atom is -0.457 e. The summed E-state index contributed by atoms with van der Waals surface area (Å²) in [6.07, 6.45) is 0.0291. The van der Waals surface area contributed by atoms with Crippen molar-refractivity contribution >= 4 is 11.7 Å². The van der Waals surface area contributed by atoms with Crippen LogP contribution in [0.15, 0.2) is 66.7 Å². The van der Waals surface area contributed by atoms with E-state index in [2.05, 4.69) is 10.3 Å². The van der Waals surface area contributed by atoms with Crippen LogP contribution in [0.2, 0.25) is 0 Å². The van der Waals surface area contributed by atoms with Gasteiger partial charge in [-0.3, -0.25) is 4.79 Å². The van der Waals surface area contributed by atoms with Crippen LogP contribution < -0.4 is 10.1 Å². The van der Waals surface area contributed by atoms with Gasteiger partial charge in [0.15, 0.2) is 0 Å². The number of benzene rings is 2. The topological polar surface area (TPSA) is 71.5 Å². The number of carbonyl (C=O) groups is 1. The molecule has 3 rings (SSSR count). The Morgan fingerprint density at radius 1 is 1.00 bits per heavy atom. The van der Waals surface area contributed by atoms with E-state index in [1.54, 1.807) is 36.4 Å². The quantitative estimate of drug-likeness (QED) is 0.703. The Bertz CT molecular complexity index is 880. The van der Waals surface area contributed by atoms with Gasteiger partial charge >= 0.3 is 0 Å². The summed E-state index contributed by atoms with van der Waals surface area (Å²) in [6.45, 7) is -0.207. The van der Waals surface area contributed by atoms with E-state index in [1.807, 2.05) is 18.2 Å². The second-order valence-electron chi connectivity index (χ2n) is 5.51. The minimum absolute atomic E-state index is 0.0291. The molecule has 0 atom stereocenters. The van der Waals surface area contributed by atoms with Gasteiger partial charge in [-0.1, -0.05) is 6.07 Å². The lowest BCUT2D eigenvalue weighted by atomic mass is 10.1. The first-order valence-electron chi connectivity index (χ1n) is 8.06. The number of rotatable bonds is 6. The second kappa shape index (κ2) is 8.22. The van der Waals surface area contributed by atoms with Crippen molar-refractivity contribution in [2.45, 2.75) is 6.42 Å². The van der Waals surface area contributed by atoms with E-state index in [0.29, 0.717) is 23.0 Å². The van der Waals surface area contributed by atoms with E-state index in [0.717, 1.165) is 5.56 Å². The van der Waals surface area contributed by atoms with E-state index < -0.39 is 0 Å². The summed E-state index contributed by atoms with van der Waals surface area (Å²) in [4.78, 5) is 15.9. The molecule has 1 amide bonds. The lowest BCUT2D eigenvalue weighted by Gasteiger charge is -2.08. The summed E-state index contributed by atoms with van der Waals surface area (Å²) in [5.74, 6) is 0.983. The fourth-order valence-electron chi connectivity index (χ4n) is 2.30. The molecule has 0 bridgehead atoms. The fraction of sp³-hybridized carbons (Fsp3) is 0.100. The van der Waals surface area contributed by atoms with Crippen molar-refractivity contribution in [2.24, 2.45) is 0 Å². The Morgan fingerprint density at radius 2 is 1.65 bits per heavy atom. The van der Waals surface area contributed by atoms with Crippen LogP contribution in [0.1, 0.15) is 6.42 Å². The maximum Gasteiger partial charge on any atom is 0.227 e. The van der Waals surface area contributed by atoms with Gasteiger partial charge in [-0.05, 0) is 60.7 Å². The molecule has 0 fully saturated rings. The van der Waals surface area contributed by atoms with Crippen LogP contribution in [0.4, 0.5) is 10.2 Å². The van der Waals surface area contributed by atoms with Crippen molar-refractivity contribution in [3.63, 3.8) is 0 Å². The van der Waals surface area contributed by atoms with Crippen LogP contribution in [0.25, 0.3) is 11.3 Å². The Morgan fingerprint density at radius 3 is 2.31 bits per heavy atom. The summed E-state index contributed by atoms with van der Waals surface area (Å²) in [5, 5.41) is 11.4. The Balaban J connectivity index is 1.72. The largest absolute Gasteiger partial charge is 0.457 e. The van der Waals surface area contributed by atoms with Crippen molar-refractivity contribution in [3.05, 3.63) is 72.5 Å². The lowest BCUT2D eigenvalue weighted by molar-refractivity contribution is -0.116. The maximum atomic E-state index is 12.9. The predicted molar refractivity (Wildman–Crippen MR) is 96.5 cm³/mol. The SMILES string of the molecule is O=C(CCO)Nc1cccc(-c2ccc(Oc3ccc(F)cc3)cc2)n1. The number of amides is 1. The van der Waals surface area contributed by atoms with Gasteiger partial charge in [-0.2, -0.15) is 0 Å². The predicted octanol–water partition coefficient (Wildman–Crippen LogP) is 4.00. The van der Waals surface area contributed by atoms with Crippen molar-refractivity contribution in [3.8, 4) is 22.8 Å². The number of carbonyl (C=O) groups excluding carboxylic acids is 1. The van der Waals surface area contributed by atoms with Crippen LogP contribution in [0, 0.1) is 5.82 Å². The highest BCUT2D eigenvalue weighted by molar-refractivity contribution is 5.90. The van der Waals surface area contributed by atoms with Crippen molar-refractivity contribution in [1.29, 1.82) is 0 Å². The Labute approximate surface area is 150 Å². The molecule has 0 saturated carbocycles. The van der Waals surface area contributed by atoms with Crippen LogP contribution in [0.5, 0.6) is 11.5 Å². The van der Waals surface area contributed by atoms with Crippen molar-refractivity contribution in [2.75, 3.05) is 11.9 Å². The average Bonchev–Trinajstić information content (AvgIpc) is 2.65. The van der Waals surface area contributed by atoms with Gasteiger partial charge in [-0.25, -0.2) is 9.37 Å². The Kier molecular flexibility index (Phi) is 5.56. The van der Waals surface area contributed by atoms with Crippen LogP contribution in [0.3, 0.4) is 0 Å². The molecule has 0 spiro atoms. The van der Waals surface area contributed by atoms with E-state index in [-0.39, 0.29) is 24.8 Å². The van der Waals surface area contributed by atoms with Gasteiger partial charge in [0.2, 0.25) is 5.91 Å². The van der Waals surface area contributed by atoms with Crippen LogP contribution in [-0.4, -0.2) is 22.6 Å².